The summed E-state index contributed by atoms with van der Waals surface area (Å²) in [5.41, 5.74) is 4.48. The highest BCUT2D eigenvalue weighted by Crippen LogP contribution is 2.35. The smallest absolute Gasteiger partial charge is 0.264 e. The Balaban J connectivity index is 0.977. The third kappa shape index (κ3) is 9.78. The zero-order valence-corrected chi connectivity index (χ0v) is 36.8. The first kappa shape index (κ1) is 44.9. The van der Waals surface area contributed by atoms with Gasteiger partial charge in [0, 0.05) is 31.6 Å². The van der Waals surface area contributed by atoms with E-state index in [4.69, 9.17) is 4.74 Å². The second-order valence-corrected chi connectivity index (χ2v) is 18.1. The van der Waals surface area contributed by atoms with Crippen LogP contribution >= 0.6 is 0 Å². The second-order valence-electron chi connectivity index (χ2n) is 18.1. The van der Waals surface area contributed by atoms with Crippen LogP contribution in [0.3, 0.4) is 0 Å². The first-order valence-corrected chi connectivity index (χ1v) is 22.2. The van der Waals surface area contributed by atoms with Gasteiger partial charge < -0.3 is 30.9 Å². The van der Waals surface area contributed by atoms with Crippen molar-refractivity contribution in [3.8, 4) is 5.75 Å². The molecule has 3 aliphatic heterocycles. The Bertz CT molecular complexity index is 2290. The molecule has 7 rings (SSSR count). The number of benzene rings is 3. The molecule has 0 aromatic heterocycles. The van der Waals surface area contributed by atoms with Crippen LogP contribution < -0.4 is 31.3 Å². The van der Waals surface area contributed by atoms with Gasteiger partial charge in [-0.05, 0) is 111 Å². The normalized spacial score (nSPS) is 20.5. The molecule has 15 heteroatoms. The van der Waals surface area contributed by atoms with Gasteiger partial charge >= 0.3 is 0 Å². The van der Waals surface area contributed by atoms with Crippen LogP contribution in [0.1, 0.15) is 122 Å². The van der Waals surface area contributed by atoms with Gasteiger partial charge in [0.15, 0.2) is 0 Å². The Morgan fingerprint density at radius 2 is 1.68 bits per heavy atom. The molecule has 1 aliphatic carbocycles. The van der Waals surface area contributed by atoms with Gasteiger partial charge in [-0.2, -0.15) is 0 Å². The molecule has 7 amide bonds. The molecule has 0 spiro atoms. The zero-order chi connectivity index (χ0) is 45.0. The highest BCUT2D eigenvalue weighted by molar-refractivity contribution is 6.25. The Morgan fingerprint density at radius 3 is 2.44 bits per heavy atom. The van der Waals surface area contributed by atoms with Gasteiger partial charge in [0.05, 0.1) is 29.8 Å². The molecule has 5 atom stereocenters. The minimum atomic E-state index is -1.03. The van der Waals surface area contributed by atoms with Crippen molar-refractivity contribution in [1.82, 2.24) is 31.1 Å². The molecule has 3 aromatic rings. The Hall–Kier alpha value is -6.09. The summed E-state index contributed by atoms with van der Waals surface area (Å²) >= 11 is 0. The largest absolute Gasteiger partial charge is 0.494 e. The lowest BCUT2D eigenvalue weighted by Crippen LogP contribution is -2.62. The van der Waals surface area contributed by atoms with E-state index in [1.807, 2.05) is 51.1 Å². The summed E-state index contributed by atoms with van der Waals surface area (Å²) in [5, 5.41) is 14.7. The van der Waals surface area contributed by atoms with Crippen LogP contribution in [0.4, 0.5) is 5.69 Å². The number of rotatable bonds is 15. The van der Waals surface area contributed by atoms with E-state index in [2.05, 4.69) is 38.7 Å². The third-order valence-corrected chi connectivity index (χ3v) is 12.7. The molecule has 15 nitrogen and oxygen atoms in total. The van der Waals surface area contributed by atoms with E-state index in [-0.39, 0.29) is 54.3 Å². The van der Waals surface area contributed by atoms with Crippen LogP contribution in [0, 0.1) is 5.41 Å². The van der Waals surface area contributed by atoms with E-state index in [9.17, 15) is 33.6 Å². The van der Waals surface area contributed by atoms with Crippen molar-refractivity contribution < 1.29 is 38.3 Å². The molecule has 1 saturated heterocycles. The number of likely N-dealkylation sites (N-methyl/N-ethyl adjacent to an activating group) is 1. The van der Waals surface area contributed by atoms with Crippen LogP contribution in [0.25, 0.3) is 0 Å². The van der Waals surface area contributed by atoms with E-state index in [0.29, 0.717) is 31.0 Å². The number of fused-ring (bicyclic) bond motifs is 3. The number of carbonyl (C=O) groups excluding carboxylic acids is 7. The maximum absolute atomic E-state index is 14.7. The summed E-state index contributed by atoms with van der Waals surface area (Å²) in [6.07, 6.45) is 5.48. The Labute approximate surface area is 368 Å². The number of carbonyl (C=O) groups is 7. The number of aryl methyl sites for hydroxylation is 1. The van der Waals surface area contributed by atoms with Crippen molar-refractivity contribution in [1.29, 1.82) is 0 Å². The van der Waals surface area contributed by atoms with Gasteiger partial charge in [-0.15, -0.1) is 0 Å². The number of imide groups is 2. The van der Waals surface area contributed by atoms with Crippen LogP contribution in [-0.2, 0) is 43.4 Å². The molecular formula is C48H59N7O8. The lowest BCUT2D eigenvalue weighted by molar-refractivity contribution is -0.147. The highest BCUT2D eigenvalue weighted by atomic mass is 16.5. The summed E-state index contributed by atoms with van der Waals surface area (Å²) in [6.45, 7) is 8.59. The zero-order valence-electron chi connectivity index (χ0n) is 36.8. The van der Waals surface area contributed by atoms with E-state index < -0.39 is 53.2 Å². The predicted octanol–water partition coefficient (Wildman–Crippen LogP) is 4.33. The van der Waals surface area contributed by atoms with Gasteiger partial charge in [-0.1, -0.05) is 57.2 Å². The standard InChI is InChI=1S/C48H59N7O8/c1-28(49-5)42(57)53-41(48(2,3)4)47(62)54-27-31-25-32(20-19-30(31)26-38(54)44(59)51-35-17-11-14-29-13-7-8-15-33(29)35)63-24-10-6-9-23-50-36-18-12-16-34-40(36)46(61)55(45(34)60)37-21-22-39(56)52-43(37)58/h7-8,12-13,15-16,18-20,25,28,35,37-38,41,49-50H,6,9-11,14,17,21-24,26-27H2,1-5H3,(H,51,59)(H,53,57)(H,52,56,58)/t28-,35+,37?,38-,41+/m0/s1. The fourth-order valence-corrected chi connectivity index (χ4v) is 8.98. The van der Waals surface area contributed by atoms with Crippen molar-refractivity contribution >= 4 is 47.0 Å². The molecule has 63 heavy (non-hydrogen) atoms. The number of ether oxygens (including phenoxy) is 1. The number of hydrogen-bond acceptors (Lipinski definition) is 10. The van der Waals surface area contributed by atoms with Gasteiger partial charge in [-0.3, -0.25) is 43.8 Å². The van der Waals surface area contributed by atoms with E-state index in [1.165, 1.54) is 5.56 Å². The van der Waals surface area contributed by atoms with Crippen molar-refractivity contribution in [3.05, 3.63) is 94.0 Å². The molecule has 0 saturated carbocycles. The quantitative estimate of drug-likeness (QED) is 0.108. The third-order valence-electron chi connectivity index (χ3n) is 12.7. The maximum Gasteiger partial charge on any atom is 0.264 e. The summed E-state index contributed by atoms with van der Waals surface area (Å²) < 4.78 is 6.20. The van der Waals surface area contributed by atoms with Gasteiger partial charge in [0.25, 0.3) is 11.8 Å². The predicted molar refractivity (Wildman–Crippen MR) is 236 cm³/mol. The SMILES string of the molecule is CN[C@@H](C)C(=O)N[C@H](C(=O)N1Cc2cc(OCCCCCNc3cccc4c3C(=O)N(C3CCC(=O)NC3=O)C4=O)ccc2C[C@H]1C(=O)N[C@@H]1CCCc2ccccc21)C(C)(C)C. The van der Waals surface area contributed by atoms with Crippen molar-refractivity contribution in [3.63, 3.8) is 0 Å². The number of anilines is 1. The molecule has 0 radical (unpaired) electrons. The first-order valence-electron chi connectivity index (χ1n) is 22.2. The molecule has 3 aromatic carbocycles. The van der Waals surface area contributed by atoms with Crippen molar-refractivity contribution in [2.75, 3.05) is 25.5 Å². The Morgan fingerprint density at radius 1 is 0.889 bits per heavy atom. The number of piperidine rings is 1. The van der Waals surface area contributed by atoms with E-state index in [1.54, 1.807) is 37.1 Å². The molecule has 4 aliphatic rings. The topological polar surface area (TPSA) is 195 Å². The summed E-state index contributed by atoms with van der Waals surface area (Å²) in [7, 11) is 1.69. The van der Waals surface area contributed by atoms with Crippen LogP contribution in [0.2, 0.25) is 0 Å². The average Bonchev–Trinajstić information content (AvgIpc) is 3.52. The lowest BCUT2D eigenvalue weighted by Gasteiger charge is -2.41. The van der Waals surface area contributed by atoms with Gasteiger partial charge in [0.2, 0.25) is 29.5 Å². The van der Waals surface area contributed by atoms with Crippen LogP contribution in [0.15, 0.2) is 60.7 Å². The van der Waals surface area contributed by atoms with Crippen LogP contribution in [-0.4, -0.2) is 95.5 Å². The number of amides is 7. The average molecular weight is 862 g/mol. The first-order chi connectivity index (χ1) is 30.2. The summed E-state index contributed by atoms with van der Waals surface area (Å²) in [6, 6.07) is 15.6. The maximum atomic E-state index is 14.7. The molecular weight excluding hydrogens is 803 g/mol. The van der Waals surface area contributed by atoms with E-state index in [0.717, 1.165) is 60.1 Å². The highest BCUT2D eigenvalue weighted by Gasteiger charge is 2.46. The molecule has 3 heterocycles. The minimum Gasteiger partial charge on any atom is -0.494 e. The van der Waals surface area contributed by atoms with Crippen LogP contribution in [0.5, 0.6) is 5.75 Å². The number of hydrogen-bond donors (Lipinski definition) is 5. The second kappa shape index (κ2) is 19.1. The summed E-state index contributed by atoms with van der Waals surface area (Å²) in [4.78, 5) is 95.5. The molecule has 1 fully saturated rings. The van der Waals surface area contributed by atoms with Gasteiger partial charge in [-0.25, -0.2) is 0 Å². The monoisotopic (exact) mass is 861 g/mol. The number of nitrogens with one attached hydrogen (secondary N) is 5. The van der Waals surface area contributed by atoms with Gasteiger partial charge in [0.1, 0.15) is 23.9 Å². The fraction of sp³-hybridized carbons (Fsp3) is 0.479. The fourth-order valence-electron chi connectivity index (χ4n) is 8.98. The van der Waals surface area contributed by atoms with Crippen molar-refractivity contribution in [2.24, 2.45) is 5.41 Å². The van der Waals surface area contributed by atoms with E-state index >= 15 is 0 Å². The van der Waals surface area contributed by atoms with Crippen molar-refractivity contribution in [2.45, 2.75) is 122 Å². The molecule has 5 N–H and O–H groups in total. The molecule has 1 unspecified atom stereocenters. The molecule has 0 bridgehead atoms. The number of nitrogens with zero attached hydrogens (tertiary/aromatic N) is 2. The minimum absolute atomic E-state index is 0.0547. The summed E-state index contributed by atoms with van der Waals surface area (Å²) in [5.74, 6) is -2.37. The lowest BCUT2D eigenvalue weighted by atomic mass is 9.83. The molecule has 334 valence electrons. The number of unbranched alkanes of at least 4 members (excludes halogenated alkanes) is 2. The Kier molecular flexibility index (Phi) is 13.6.